The van der Waals surface area contributed by atoms with Crippen molar-refractivity contribution >= 4 is 15.9 Å². The lowest BCUT2D eigenvalue weighted by molar-refractivity contribution is -0.125. The average Bonchev–Trinajstić information content (AvgIpc) is 2.91. The van der Waals surface area contributed by atoms with Gasteiger partial charge in [0.15, 0.2) is 0 Å². The first-order valence-corrected chi connectivity index (χ1v) is 8.30. The van der Waals surface area contributed by atoms with Crippen molar-refractivity contribution in [2.45, 2.75) is 25.0 Å². The third kappa shape index (κ3) is 2.77. The number of hydrogen-bond acceptors (Lipinski definition) is 5. The summed E-state index contributed by atoms with van der Waals surface area (Å²) in [6.45, 7) is 0. The minimum atomic E-state index is -3.72. The van der Waals surface area contributed by atoms with E-state index in [0.29, 0.717) is 5.92 Å². The summed E-state index contributed by atoms with van der Waals surface area (Å²) in [4.78, 5) is 12.2. The zero-order valence-electron chi connectivity index (χ0n) is 10.9. The molecular formula is C13H16N2O4S. The molecule has 1 aromatic rings. The highest BCUT2D eigenvalue weighted by atomic mass is 32.2. The molecule has 7 heteroatoms. The van der Waals surface area contributed by atoms with Gasteiger partial charge in [-0.2, -0.15) is 0 Å². The molecule has 0 spiro atoms. The van der Waals surface area contributed by atoms with Gasteiger partial charge in [0, 0.05) is 12.0 Å². The number of hydrogen-bond donors (Lipinski definition) is 1. The summed E-state index contributed by atoms with van der Waals surface area (Å²) < 4.78 is 30.6. The van der Waals surface area contributed by atoms with E-state index in [4.69, 9.17) is 0 Å². The molecule has 1 heterocycles. The number of carbonyl (C=O) groups is 1. The first-order chi connectivity index (χ1) is 9.53. The predicted octanol–water partition coefficient (Wildman–Crippen LogP) is 1.22. The maximum absolute atomic E-state index is 12.2. The highest BCUT2D eigenvalue weighted by Crippen LogP contribution is 2.40. The number of nitrogens with one attached hydrogen (secondary N) is 1. The zero-order chi connectivity index (χ0) is 14.2. The van der Waals surface area contributed by atoms with Gasteiger partial charge in [-0.05, 0) is 31.1 Å². The Bertz CT molecular complexity index is 621. The number of allylic oxidation sites excluding steroid dienone is 2. The first-order valence-electron chi connectivity index (χ1n) is 6.65. The predicted molar refractivity (Wildman–Crippen MR) is 70.7 cm³/mol. The van der Waals surface area contributed by atoms with Crippen LogP contribution in [0.4, 0.5) is 0 Å². The summed E-state index contributed by atoms with van der Waals surface area (Å²) in [6.07, 6.45) is 8.29. The zero-order valence-corrected chi connectivity index (χ0v) is 11.7. The molecule has 1 fully saturated rings. The molecule has 1 N–H and O–H groups in total. The smallest absolute Gasteiger partial charge is 0.240 e. The van der Waals surface area contributed by atoms with Crippen LogP contribution in [0.3, 0.4) is 0 Å². The van der Waals surface area contributed by atoms with Crippen LogP contribution in [0.2, 0.25) is 0 Å². The maximum Gasteiger partial charge on any atom is 0.240 e. The summed E-state index contributed by atoms with van der Waals surface area (Å²) >= 11 is 0. The third-order valence-electron chi connectivity index (χ3n) is 4.00. The molecule has 0 unspecified atom stereocenters. The number of amides is 1. The Kier molecular flexibility index (Phi) is 3.37. The molecule has 20 heavy (non-hydrogen) atoms. The second-order valence-electron chi connectivity index (χ2n) is 5.44. The second-order valence-corrected chi connectivity index (χ2v) is 7.17. The van der Waals surface area contributed by atoms with Gasteiger partial charge in [0.1, 0.15) is 17.7 Å². The number of rotatable bonds is 4. The van der Waals surface area contributed by atoms with Crippen LogP contribution in [-0.4, -0.2) is 19.5 Å². The number of aromatic nitrogens is 1. The first kappa shape index (κ1) is 13.4. The van der Waals surface area contributed by atoms with E-state index in [2.05, 4.69) is 20.5 Å². The largest absolute Gasteiger partial charge is 0.364 e. The SMILES string of the molecule is O=C(NS(=O)(=O)Cc1ccon1)[C@@H]1C[C@@H]2C=C[C@H]1CC2. The standard InChI is InChI=1S/C13H16N2O4S/c16-13(12-7-9-1-3-10(12)4-2-9)15-20(17,18)8-11-5-6-19-14-11/h1,3,5-6,9-10,12H,2,4,7-8H2,(H,15,16)/t9-,10+,12-/m1/s1. The second kappa shape index (κ2) is 5.05. The fraction of sp³-hybridized carbons (Fsp3) is 0.538. The van der Waals surface area contributed by atoms with Gasteiger partial charge in [-0.25, -0.2) is 8.42 Å². The van der Waals surface area contributed by atoms with Gasteiger partial charge >= 0.3 is 0 Å². The van der Waals surface area contributed by atoms with Gasteiger partial charge < -0.3 is 4.52 Å². The molecule has 3 atom stereocenters. The molecule has 6 nitrogen and oxygen atoms in total. The van der Waals surface area contributed by atoms with E-state index in [9.17, 15) is 13.2 Å². The lowest BCUT2D eigenvalue weighted by Gasteiger charge is -2.36. The molecule has 4 rings (SSSR count). The molecule has 0 saturated heterocycles. The number of nitrogens with zero attached hydrogens (tertiary/aromatic N) is 1. The fourth-order valence-corrected chi connectivity index (χ4v) is 4.07. The van der Waals surface area contributed by atoms with Crippen LogP contribution in [0.25, 0.3) is 0 Å². The summed E-state index contributed by atoms with van der Waals surface area (Å²) in [5.74, 6) is -0.388. The molecule has 0 aromatic carbocycles. The Hall–Kier alpha value is -1.63. The van der Waals surface area contributed by atoms with Gasteiger partial charge in [-0.3, -0.25) is 9.52 Å². The molecule has 108 valence electrons. The topological polar surface area (TPSA) is 89.3 Å². The Morgan fingerprint density at radius 3 is 2.80 bits per heavy atom. The van der Waals surface area contributed by atoms with Gasteiger partial charge in [-0.15, -0.1) is 0 Å². The number of sulfonamides is 1. The van der Waals surface area contributed by atoms with Gasteiger partial charge in [0.2, 0.25) is 15.9 Å². The summed E-state index contributed by atoms with van der Waals surface area (Å²) in [5, 5.41) is 3.54. The molecule has 0 radical (unpaired) electrons. The maximum atomic E-state index is 12.2. The molecule has 3 aliphatic carbocycles. The van der Waals surface area contributed by atoms with E-state index < -0.39 is 15.9 Å². The van der Waals surface area contributed by atoms with Crippen LogP contribution >= 0.6 is 0 Å². The minimum absolute atomic E-state index is 0.169. The quantitative estimate of drug-likeness (QED) is 0.844. The minimum Gasteiger partial charge on any atom is -0.364 e. The highest BCUT2D eigenvalue weighted by molar-refractivity contribution is 7.89. The Morgan fingerprint density at radius 1 is 1.40 bits per heavy atom. The fourth-order valence-electron chi connectivity index (χ4n) is 3.00. The van der Waals surface area contributed by atoms with E-state index in [0.717, 1.165) is 19.3 Å². The van der Waals surface area contributed by atoms with Crippen molar-refractivity contribution < 1.29 is 17.7 Å². The van der Waals surface area contributed by atoms with Crippen LogP contribution < -0.4 is 4.72 Å². The van der Waals surface area contributed by atoms with Crippen LogP contribution in [-0.2, 0) is 20.6 Å². The van der Waals surface area contributed by atoms with Gasteiger partial charge in [-0.1, -0.05) is 17.3 Å². The number of fused-ring (bicyclic) bond motifs is 2. The van der Waals surface area contributed by atoms with E-state index >= 15 is 0 Å². The monoisotopic (exact) mass is 296 g/mol. The van der Waals surface area contributed by atoms with Crippen molar-refractivity contribution in [1.29, 1.82) is 0 Å². The van der Waals surface area contributed by atoms with Gasteiger partial charge in [0.25, 0.3) is 0 Å². The average molecular weight is 296 g/mol. The van der Waals surface area contributed by atoms with Crippen LogP contribution in [0.1, 0.15) is 25.0 Å². The molecular weight excluding hydrogens is 280 g/mol. The lowest BCUT2D eigenvalue weighted by Crippen LogP contribution is -2.42. The molecule has 0 aliphatic heterocycles. The van der Waals surface area contributed by atoms with Crippen molar-refractivity contribution in [2.24, 2.45) is 17.8 Å². The molecule has 1 aromatic heterocycles. The van der Waals surface area contributed by atoms with E-state index in [1.54, 1.807) is 0 Å². The van der Waals surface area contributed by atoms with Crippen molar-refractivity contribution in [3.8, 4) is 0 Å². The van der Waals surface area contributed by atoms with Crippen LogP contribution in [0, 0.1) is 17.8 Å². The van der Waals surface area contributed by atoms with E-state index in [1.807, 2.05) is 6.08 Å². The van der Waals surface area contributed by atoms with Crippen molar-refractivity contribution in [3.63, 3.8) is 0 Å². The molecule has 1 saturated carbocycles. The van der Waals surface area contributed by atoms with Crippen LogP contribution in [0.15, 0.2) is 29.0 Å². The lowest BCUT2D eigenvalue weighted by atomic mass is 9.69. The third-order valence-corrected chi connectivity index (χ3v) is 5.18. The normalized spacial score (nSPS) is 28.5. The van der Waals surface area contributed by atoms with Crippen LogP contribution in [0.5, 0.6) is 0 Å². The van der Waals surface area contributed by atoms with E-state index in [1.165, 1.54) is 12.3 Å². The molecule has 1 amide bonds. The Balaban J connectivity index is 1.65. The summed E-state index contributed by atoms with van der Waals surface area (Å²) in [7, 11) is -3.72. The van der Waals surface area contributed by atoms with Crippen molar-refractivity contribution in [3.05, 3.63) is 30.2 Å². The Morgan fingerprint density at radius 2 is 2.25 bits per heavy atom. The van der Waals surface area contributed by atoms with Crippen molar-refractivity contribution in [2.75, 3.05) is 0 Å². The molecule has 3 aliphatic rings. The summed E-state index contributed by atoms with van der Waals surface area (Å²) in [5.41, 5.74) is 0.287. The number of carbonyl (C=O) groups excluding carboxylic acids is 1. The molecule has 2 bridgehead atoms. The van der Waals surface area contributed by atoms with Crippen molar-refractivity contribution in [1.82, 2.24) is 9.88 Å². The highest BCUT2D eigenvalue weighted by Gasteiger charge is 2.37. The summed E-state index contributed by atoms with van der Waals surface area (Å²) in [6, 6.07) is 1.47. The Labute approximate surface area is 117 Å². The van der Waals surface area contributed by atoms with E-state index in [-0.39, 0.29) is 23.3 Å². The van der Waals surface area contributed by atoms with Gasteiger partial charge in [0.05, 0.1) is 0 Å².